The first kappa shape index (κ1) is 12.0. The number of rotatable bonds is 5. The van der Waals surface area contributed by atoms with Gasteiger partial charge in [-0.05, 0) is 24.6 Å². The van der Waals surface area contributed by atoms with E-state index in [0.717, 1.165) is 6.20 Å². The van der Waals surface area contributed by atoms with Gasteiger partial charge in [-0.15, -0.1) is 0 Å². The number of ether oxygens (including phenoxy) is 2. The van der Waals surface area contributed by atoms with Gasteiger partial charge in [0.25, 0.3) is 0 Å². The molecule has 5 heteroatoms. The number of methoxy groups -OCH3 is 1. The second-order valence-corrected chi connectivity index (χ2v) is 2.94. The first-order valence-electron chi connectivity index (χ1n) is 4.80. The van der Waals surface area contributed by atoms with Crippen LogP contribution < -0.4 is 9.47 Å². The fourth-order valence-electron chi connectivity index (χ4n) is 1.21. The fourth-order valence-corrected chi connectivity index (χ4v) is 1.21. The first-order valence-corrected chi connectivity index (χ1v) is 4.80. The lowest BCUT2D eigenvalue weighted by atomic mass is 10.2. The topological polar surface area (TPSA) is 61.6 Å². The van der Waals surface area contributed by atoms with E-state index < -0.39 is 4.92 Å². The summed E-state index contributed by atoms with van der Waals surface area (Å²) in [5.41, 5.74) is 0.692. The van der Waals surface area contributed by atoms with E-state index in [1.807, 2.05) is 6.92 Å². The van der Waals surface area contributed by atoms with Gasteiger partial charge < -0.3 is 9.47 Å². The van der Waals surface area contributed by atoms with Gasteiger partial charge in [-0.3, -0.25) is 10.1 Å². The van der Waals surface area contributed by atoms with Gasteiger partial charge in [0.2, 0.25) is 6.20 Å². The molecule has 0 radical (unpaired) electrons. The largest absolute Gasteiger partial charge is 0.493 e. The molecular formula is C11H13NO4. The molecule has 86 valence electrons. The van der Waals surface area contributed by atoms with Crippen LogP contribution in [0.15, 0.2) is 24.4 Å². The highest BCUT2D eigenvalue weighted by molar-refractivity contribution is 5.55. The molecule has 0 heterocycles. The van der Waals surface area contributed by atoms with Gasteiger partial charge in [0.05, 0.1) is 18.6 Å². The maximum absolute atomic E-state index is 10.2. The number of nitrogens with zero attached hydrogens (tertiary/aromatic N) is 1. The van der Waals surface area contributed by atoms with Crippen molar-refractivity contribution >= 4 is 6.08 Å². The predicted octanol–water partition coefficient (Wildman–Crippen LogP) is 2.34. The van der Waals surface area contributed by atoms with Crippen LogP contribution >= 0.6 is 0 Å². The van der Waals surface area contributed by atoms with E-state index in [0.29, 0.717) is 23.7 Å². The second kappa shape index (κ2) is 5.75. The molecule has 0 aliphatic carbocycles. The molecule has 0 N–H and O–H groups in total. The van der Waals surface area contributed by atoms with Gasteiger partial charge in [0, 0.05) is 6.08 Å². The van der Waals surface area contributed by atoms with Gasteiger partial charge in [-0.1, -0.05) is 6.07 Å². The lowest BCUT2D eigenvalue weighted by Crippen LogP contribution is -1.95. The summed E-state index contributed by atoms with van der Waals surface area (Å²) in [7, 11) is 1.53. The Balaban J connectivity index is 2.94. The van der Waals surface area contributed by atoms with Crippen molar-refractivity contribution in [1.29, 1.82) is 0 Å². The van der Waals surface area contributed by atoms with Crippen molar-refractivity contribution in [2.45, 2.75) is 6.92 Å². The Labute approximate surface area is 93.4 Å². The predicted molar refractivity (Wildman–Crippen MR) is 60.2 cm³/mol. The molecule has 0 amide bonds. The Morgan fingerprint density at radius 1 is 1.44 bits per heavy atom. The van der Waals surface area contributed by atoms with Crippen LogP contribution in [0.1, 0.15) is 12.5 Å². The third kappa shape index (κ3) is 3.27. The minimum atomic E-state index is -0.511. The summed E-state index contributed by atoms with van der Waals surface area (Å²) in [4.78, 5) is 9.65. The van der Waals surface area contributed by atoms with Crippen LogP contribution in [0.2, 0.25) is 0 Å². The highest BCUT2D eigenvalue weighted by Gasteiger charge is 2.04. The zero-order chi connectivity index (χ0) is 12.0. The molecule has 0 saturated heterocycles. The molecule has 0 aromatic heterocycles. The summed E-state index contributed by atoms with van der Waals surface area (Å²) in [6.45, 7) is 2.42. The molecule has 0 aliphatic heterocycles. The molecule has 0 bridgehead atoms. The quantitative estimate of drug-likeness (QED) is 0.567. The summed E-state index contributed by atoms with van der Waals surface area (Å²) in [6, 6.07) is 5.14. The van der Waals surface area contributed by atoms with E-state index in [2.05, 4.69) is 0 Å². The second-order valence-electron chi connectivity index (χ2n) is 2.94. The van der Waals surface area contributed by atoms with E-state index in [1.165, 1.54) is 13.2 Å². The number of hydrogen-bond acceptors (Lipinski definition) is 4. The van der Waals surface area contributed by atoms with E-state index in [1.54, 1.807) is 18.2 Å². The Morgan fingerprint density at radius 2 is 2.19 bits per heavy atom. The SMILES string of the molecule is CCOc1ccc(/C=C/[N+](=O)[O-])cc1OC. The van der Waals surface area contributed by atoms with Gasteiger partial charge >= 0.3 is 0 Å². The van der Waals surface area contributed by atoms with Crippen LogP contribution in [-0.4, -0.2) is 18.6 Å². The highest BCUT2D eigenvalue weighted by Crippen LogP contribution is 2.28. The Hall–Kier alpha value is -2.04. The molecule has 0 atom stereocenters. The molecule has 0 saturated carbocycles. The highest BCUT2D eigenvalue weighted by atomic mass is 16.6. The Bertz CT molecular complexity index is 401. The van der Waals surface area contributed by atoms with Crippen molar-refractivity contribution in [3.05, 3.63) is 40.1 Å². The third-order valence-electron chi connectivity index (χ3n) is 1.88. The minimum absolute atomic E-state index is 0.511. The number of nitro groups is 1. The van der Waals surface area contributed by atoms with Crippen LogP contribution in [0, 0.1) is 10.1 Å². The number of benzene rings is 1. The average Bonchev–Trinajstić information content (AvgIpc) is 2.28. The van der Waals surface area contributed by atoms with Crippen LogP contribution in [0.5, 0.6) is 11.5 Å². The molecule has 1 rings (SSSR count). The Kier molecular flexibility index (Phi) is 4.32. The average molecular weight is 223 g/mol. The van der Waals surface area contributed by atoms with Crippen LogP contribution in [0.3, 0.4) is 0 Å². The molecular weight excluding hydrogens is 210 g/mol. The standard InChI is InChI=1S/C11H13NO4/c1-3-16-10-5-4-9(6-7-12(13)14)8-11(10)15-2/h4-8H,3H2,1-2H3/b7-6+. The van der Waals surface area contributed by atoms with E-state index in [-0.39, 0.29) is 0 Å². The van der Waals surface area contributed by atoms with Gasteiger partial charge in [0.1, 0.15) is 0 Å². The lowest BCUT2D eigenvalue weighted by Gasteiger charge is -2.09. The van der Waals surface area contributed by atoms with Gasteiger partial charge in [-0.25, -0.2) is 0 Å². The molecule has 1 aromatic carbocycles. The maximum Gasteiger partial charge on any atom is 0.235 e. The minimum Gasteiger partial charge on any atom is -0.493 e. The zero-order valence-electron chi connectivity index (χ0n) is 9.17. The maximum atomic E-state index is 10.2. The number of hydrogen-bond donors (Lipinski definition) is 0. The van der Waals surface area contributed by atoms with Gasteiger partial charge in [0.15, 0.2) is 11.5 Å². The normalized spacial score (nSPS) is 10.4. The summed E-state index contributed by atoms with van der Waals surface area (Å²) >= 11 is 0. The summed E-state index contributed by atoms with van der Waals surface area (Å²) in [5, 5.41) is 10.2. The van der Waals surface area contributed by atoms with E-state index in [9.17, 15) is 10.1 Å². The van der Waals surface area contributed by atoms with E-state index in [4.69, 9.17) is 9.47 Å². The monoisotopic (exact) mass is 223 g/mol. The summed E-state index contributed by atoms with van der Waals surface area (Å²) in [5.74, 6) is 1.19. The van der Waals surface area contributed by atoms with Crippen LogP contribution in [0.4, 0.5) is 0 Å². The molecule has 0 fully saturated rings. The molecule has 1 aromatic rings. The zero-order valence-corrected chi connectivity index (χ0v) is 9.17. The van der Waals surface area contributed by atoms with Crippen molar-refractivity contribution in [2.24, 2.45) is 0 Å². The van der Waals surface area contributed by atoms with Crippen molar-refractivity contribution < 1.29 is 14.4 Å². The van der Waals surface area contributed by atoms with Crippen molar-refractivity contribution in [3.8, 4) is 11.5 Å². The van der Waals surface area contributed by atoms with E-state index >= 15 is 0 Å². The Morgan fingerprint density at radius 3 is 2.75 bits per heavy atom. The van der Waals surface area contributed by atoms with Crippen molar-refractivity contribution in [2.75, 3.05) is 13.7 Å². The molecule has 0 spiro atoms. The third-order valence-corrected chi connectivity index (χ3v) is 1.88. The molecule has 0 aliphatic rings. The van der Waals surface area contributed by atoms with Gasteiger partial charge in [-0.2, -0.15) is 0 Å². The molecule has 16 heavy (non-hydrogen) atoms. The van der Waals surface area contributed by atoms with Crippen LogP contribution in [-0.2, 0) is 0 Å². The fraction of sp³-hybridized carbons (Fsp3) is 0.273. The lowest BCUT2D eigenvalue weighted by molar-refractivity contribution is -0.400. The van der Waals surface area contributed by atoms with Crippen LogP contribution in [0.25, 0.3) is 6.08 Å². The molecule has 0 unspecified atom stereocenters. The van der Waals surface area contributed by atoms with Crippen molar-refractivity contribution in [3.63, 3.8) is 0 Å². The molecule has 5 nitrogen and oxygen atoms in total. The summed E-state index contributed by atoms with van der Waals surface area (Å²) < 4.78 is 10.4. The summed E-state index contributed by atoms with van der Waals surface area (Å²) in [6.07, 6.45) is 2.29. The van der Waals surface area contributed by atoms with Crippen molar-refractivity contribution in [1.82, 2.24) is 0 Å². The first-order chi connectivity index (χ1) is 7.67. The smallest absolute Gasteiger partial charge is 0.235 e.